The number of nitrogens with zero attached hydrogens (tertiary/aromatic N) is 1. The maximum absolute atomic E-state index is 11.0. The first-order valence-electron chi connectivity index (χ1n) is 6.16. The summed E-state index contributed by atoms with van der Waals surface area (Å²) >= 11 is 0. The number of rotatable bonds is 5. The van der Waals surface area contributed by atoms with Crippen LogP contribution in [0.4, 0.5) is 0 Å². The van der Waals surface area contributed by atoms with E-state index in [2.05, 4.69) is 0 Å². The van der Waals surface area contributed by atoms with Gasteiger partial charge in [-0.3, -0.25) is 10.1 Å². The zero-order valence-electron chi connectivity index (χ0n) is 11.0. The normalized spacial score (nSPS) is 11.8. The zero-order valence-corrected chi connectivity index (χ0v) is 11.0. The Hall–Kier alpha value is -2.56. The molecule has 0 spiro atoms. The molecule has 20 heavy (non-hydrogen) atoms. The molecule has 0 saturated heterocycles. The highest BCUT2D eigenvalue weighted by Gasteiger charge is 2.25. The smallest absolute Gasteiger partial charge is 0.214 e. The Morgan fingerprint density at radius 1 is 1.15 bits per heavy atom. The van der Waals surface area contributed by atoms with Crippen LogP contribution in [0.2, 0.25) is 0 Å². The molecule has 2 aromatic rings. The van der Waals surface area contributed by atoms with Gasteiger partial charge in [-0.25, -0.2) is 0 Å². The molecule has 0 aliphatic heterocycles. The summed E-state index contributed by atoms with van der Waals surface area (Å²) in [6.45, 7) is -0.308. The summed E-state index contributed by atoms with van der Waals surface area (Å²) in [5, 5.41) is 20.9. The van der Waals surface area contributed by atoms with E-state index in [-0.39, 0.29) is 17.2 Å². The van der Waals surface area contributed by atoms with Gasteiger partial charge in [0.25, 0.3) is 0 Å². The minimum Gasteiger partial charge on any atom is -0.508 e. The van der Waals surface area contributed by atoms with Gasteiger partial charge in [0.15, 0.2) is 0 Å². The van der Waals surface area contributed by atoms with Crippen LogP contribution in [0.1, 0.15) is 17.0 Å². The largest absolute Gasteiger partial charge is 0.508 e. The lowest BCUT2D eigenvalue weighted by Gasteiger charge is -2.17. The molecule has 0 unspecified atom stereocenters. The molecule has 0 fully saturated rings. The summed E-state index contributed by atoms with van der Waals surface area (Å²) in [4.78, 5) is 10.6. The molecule has 0 radical (unpaired) electrons. The lowest BCUT2D eigenvalue weighted by Crippen LogP contribution is -2.15. The van der Waals surface area contributed by atoms with Gasteiger partial charge in [-0.05, 0) is 12.1 Å². The molecule has 0 saturated carbocycles. The summed E-state index contributed by atoms with van der Waals surface area (Å²) in [6, 6.07) is 13.8. The Labute approximate surface area is 116 Å². The molecule has 5 nitrogen and oxygen atoms in total. The molecule has 1 atom stereocenters. The Morgan fingerprint density at radius 2 is 1.75 bits per heavy atom. The minimum atomic E-state index is -0.553. The number of phenolic OH excluding ortho intramolecular Hbond substituents is 1. The van der Waals surface area contributed by atoms with Crippen molar-refractivity contribution in [3.8, 4) is 11.5 Å². The number of benzene rings is 2. The van der Waals surface area contributed by atoms with Crippen LogP contribution in [0.5, 0.6) is 11.5 Å². The Bertz CT molecular complexity index is 612. The maximum Gasteiger partial charge on any atom is 0.214 e. The van der Waals surface area contributed by atoms with Crippen molar-refractivity contribution in [1.82, 2.24) is 0 Å². The van der Waals surface area contributed by atoms with E-state index in [1.807, 2.05) is 0 Å². The van der Waals surface area contributed by atoms with Crippen LogP contribution in [0.3, 0.4) is 0 Å². The highest BCUT2D eigenvalue weighted by Crippen LogP contribution is 2.35. The molecule has 0 amide bonds. The quantitative estimate of drug-likeness (QED) is 0.671. The van der Waals surface area contributed by atoms with E-state index in [9.17, 15) is 15.2 Å². The zero-order chi connectivity index (χ0) is 14.5. The second kappa shape index (κ2) is 6.06. The first kappa shape index (κ1) is 13.9. The minimum absolute atomic E-state index is 0.0465. The van der Waals surface area contributed by atoms with Crippen molar-refractivity contribution in [2.24, 2.45) is 0 Å². The van der Waals surface area contributed by atoms with Gasteiger partial charge in [0, 0.05) is 16.1 Å². The van der Waals surface area contributed by atoms with Gasteiger partial charge in [0.1, 0.15) is 11.5 Å². The lowest BCUT2D eigenvalue weighted by molar-refractivity contribution is -0.481. The molecule has 1 N–H and O–H groups in total. The average Bonchev–Trinajstić information content (AvgIpc) is 2.45. The molecule has 0 aliphatic rings. The summed E-state index contributed by atoms with van der Waals surface area (Å²) < 4.78 is 5.26. The van der Waals surface area contributed by atoms with Crippen LogP contribution in [-0.2, 0) is 0 Å². The molecule has 0 bridgehead atoms. The average molecular weight is 273 g/mol. The van der Waals surface area contributed by atoms with Gasteiger partial charge in [-0.1, -0.05) is 36.4 Å². The fraction of sp³-hybridized carbons (Fsp3) is 0.200. The molecule has 2 aromatic carbocycles. The van der Waals surface area contributed by atoms with Gasteiger partial charge < -0.3 is 9.84 Å². The highest BCUT2D eigenvalue weighted by atomic mass is 16.6. The monoisotopic (exact) mass is 273 g/mol. The summed E-state index contributed by atoms with van der Waals surface area (Å²) in [5.41, 5.74) is 1.21. The van der Waals surface area contributed by atoms with E-state index >= 15 is 0 Å². The van der Waals surface area contributed by atoms with Crippen molar-refractivity contribution in [3.63, 3.8) is 0 Å². The summed E-state index contributed by atoms with van der Waals surface area (Å²) in [5.74, 6) is 0.0650. The van der Waals surface area contributed by atoms with E-state index in [0.29, 0.717) is 16.9 Å². The van der Waals surface area contributed by atoms with Crippen molar-refractivity contribution < 1.29 is 14.8 Å². The van der Waals surface area contributed by atoms with E-state index in [1.54, 1.807) is 42.5 Å². The van der Waals surface area contributed by atoms with Crippen LogP contribution >= 0.6 is 0 Å². The SMILES string of the molecule is COc1ccccc1[C@@H](C[N+](=O)[O-])c1ccccc1O. The van der Waals surface area contributed by atoms with Crippen LogP contribution in [-0.4, -0.2) is 23.7 Å². The van der Waals surface area contributed by atoms with E-state index < -0.39 is 5.92 Å². The third kappa shape index (κ3) is 2.88. The molecule has 104 valence electrons. The Kier molecular flexibility index (Phi) is 4.20. The fourth-order valence-corrected chi connectivity index (χ4v) is 2.25. The maximum atomic E-state index is 11.0. The number of ether oxygens (including phenoxy) is 1. The summed E-state index contributed by atoms with van der Waals surface area (Å²) in [6.07, 6.45) is 0. The Balaban J connectivity index is 2.53. The molecule has 0 heterocycles. The van der Waals surface area contributed by atoms with Gasteiger partial charge in [-0.15, -0.1) is 0 Å². The van der Waals surface area contributed by atoms with E-state index in [1.165, 1.54) is 13.2 Å². The Morgan fingerprint density at radius 3 is 2.35 bits per heavy atom. The van der Waals surface area contributed by atoms with Crippen LogP contribution < -0.4 is 4.74 Å². The molecule has 2 rings (SSSR count). The van der Waals surface area contributed by atoms with Crippen LogP contribution in [0.25, 0.3) is 0 Å². The number of phenols is 1. The lowest BCUT2D eigenvalue weighted by atomic mass is 9.90. The van der Waals surface area contributed by atoms with E-state index in [4.69, 9.17) is 4.74 Å². The summed E-state index contributed by atoms with van der Waals surface area (Å²) in [7, 11) is 1.52. The number of nitro groups is 1. The van der Waals surface area contributed by atoms with Gasteiger partial charge in [0.05, 0.1) is 13.0 Å². The fourth-order valence-electron chi connectivity index (χ4n) is 2.25. The van der Waals surface area contributed by atoms with Crippen LogP contribution in [0.15, 0.2) is 48.5 Å². The third-order valence-corrected chi connectivity index (χ3v) is 3.16. The first-order valence-corrected chi connectivity index (χ1v) is 6.16. The highest BCUT2D eigenvalue weighted by molar-refractivity contribution is 5.46. The van der Waals surface area contributed by atoms with Crippen molar-refractivity contribution in [2.45, 2.75) is 5.92 Å². The number of hydrogen-bond acceptors (Lipinski definition) is 4. The molecule has 0 aliphatic carbocycles. The number of para-hydroxylation sites is 2. The molecule has 0 aromatic heterocycles. The van der Waals surface area contributed by atoms with Crippen molar-refractivity contribution in [3.05, 3.63) is 69.8 Å². The number of methoxy groups -OCH3 is 1. The first-order chi connectivity index (χ1) is 9.63. The second-order valence-electron chi connectivity index (χ2n) is 4.37. The van der Waals surface area contributed by atoms with E-state index in [0.717, 1.165) is 0 Å². The van der Waals surface area contributed by atoms with Crippen molar-refractivity contribution >= 4 is 0 Å². The van der Waals surface area contributed by atoms with Crippen molar-refractivity contribution in [1.29, 1.82) is 0 Å². The van der Waals surface area contributed by atoms with Gasteiger partial charge >= 0.3 is 0 Å². The number of aromatic hydroxyl groups is 1. The predicted octanol–water partition coefficient (Wildman–Crippen LogP) is 2.81. The standard InChI is InChI=1S/C15H15NO4/c1-20-15-9-5-3-7-12(15)13(10-16(18)19)11-6-2-4-8-14(11)17/h2-9,13,17H,10H2,1H3/t13-/m0/s1. The molecular formula is C15H15NO4. The molecule has 5 heteroatoms. The van der Waals surface area contributed by atoms with Crippen LogP contribution in [0, 0.1) is 10.1 Å². The van der Waals surface area contributed by atoms with Gasteiger partial charge in [-0.2, -0.15) is 0 Å². The topological polar surface area (TPSA) is 72.6 Å². The van der Waals surface area contributed by atoms with Crippen molar-refractivity contribution in [2.75, 3.05) is 13.7 Å². The van der Waals surface area contributed by atoms with Gasteiger partial charge in [0.2, 0.25) is 6.54 Å². The number of hydrogen-bond donors (Lipinski definition) is 1. The predicted molar refractivity (Wildman–Crippen MR) is 74.8 cm³/mol. The second-order valence-corrected chi connectivity index (χ2v) is 4.37. The molecular weight excluding hydrogens is 258 g/mol. The third-order valence-electron chi connectivity index (χ3n) is 3.16.